The molecule has 1 aromatic rings. The van der Waals surface area contributed by atoms with Crippen molar-refractivity contribution in [1.82, 2.24) is 0 Å². The normalized spacial score (nSPS) is 25.7. The highest BCUT2D eigenvalue weighted by atomic mass is 32.2. The number of nitrogens with one attached hydrogen (secondary N) is 2. The summed E-state index contributed by atoms with van der Waals surface area (Å²) in [6.07, 6.45) is 6.26. The molecule has 1 aromatic carbocycles. The maximum atomic E-state index is 12.5. The summed E-state index contributed by atoms with van der Waals surface area (Å²) in [6, 6.07) is 5.17. The van der Waals surface area contributed by atoms with Crippen LogP contribution >= 0.6 is 0 Å². The van der Waals surface area contributed by atoms with E-state index in [-0.39, 0.29) is 22.8 Å². The molecule has 3 rings (SSSR count). The lowest BCUT2D eigenvalue weighted by atomic mass is 9.94. The Kier molecular flexibility index (Phi) is 3.65. The van der Waals surface area contributed by atoms with Gasteiger partial charge in [0.2, 0.25) is 5.91 Å². The average molecular weight is 308 g/mol. The van der Waals surface area contributed by atoms with Gasteiger partial charge in [0, 0.05) is 12.3 Å². The van der Waals surface area contributed by atoms with Crippen LogP contribution in [0.1, 0.15) is 32.1 Å². The molecule has 2 unspecified atom stereocenters. The van der Waals surface area contributed by atoms with E-state index in [1.165, 1.54) is 6.07 Å². The molecule has 0 aromatic heterocycles. The molecule has 114 valence electrons. The van der Waals surface area contributed by atoms with Gasteiger partial charge in [-0.3, -0.25) is 4.79 Å². The van der Waals surface area contributed by atoms with Crippen LogP contribution in [0.2, 0.25) is 0 Å². The molecule has 2 atom stereocenters. The van der Waals surface area contributed by atoms with Crippen LogP contribution in [0.3, 0.4) is 0 Å². The molecular formula is C15H20N2O3S. The Hall–Kier alpha value is -1.56. The van der Waals surface area contributed by atoms with Gasteiger partial charge in [-0.15, -0.1) is 0 Å². The number of hydrogen-bond acceptors (Lipinski definition) is 4. The molecule has 6 heteroatoms. The van der Waals surface area contributed by atoms with E-state index in [1.807, 2.05) is 6.07 Å². The minimum atomic E-state index is -3.38. The maximum absolute atomic E-state index is 12.5. The number of sulfone groups is 1. The van der Waals surface area contributed by atoms with Crippen LogP contribution in [0, 0.1) is 5.92 Å². The first-order valence-corrected chi connectivity index (χ1v) is 9.26. The zero-order valence-electron chi connectivity index (χ0n) is 12.1. The van der Waals surface area contributed by atoms with Crippen LogP contribution in [0.4, 0.5) is 11.4 Å². The van der Waals surface area contributed by atoms with Crippen molar-refractivity contribution in [2.24, 2.45) is 5.92 Å². The fourth-order valence-electron chi connectivity index (χ4n) is 3.30. The predicted octanol–water partition coefficient (Wildman–Crippen LogP) is 2.40. The quantitative estimate of drug-likeness (QED) is 0.835. The van der Waals surface area contributed by atoms with Crippen LogP contribution in [0.5, 0.6) is 0 Å². The SMILES string of the molecule is CS(=O)(=O)c1cccc2c1NC(=O)C1CCCCCC1N2. The summed E-state index contributed by atoms with van der Waals surface area (Å²) in [7, 11) is -3.38. The lowest BCUT2D eigenvalue weighted by Crippen LogP contribution is -2.34. The van der Waals surface area contributed by atoms with E-state index in [9.17, 15) is 13.2 Å². The van der Waals surface area contributed by atoms with E-state index in [0.29, 0.717) is 11.4 Å². The van der Waals surface area contributed by atoms with E-state index < -0.39 is 9.84 Å². The number of benzene rings is 1. The van der Waals surface area contributed by atoms with Gasteiger partial charge in [0.25, 0.3) is 0 Å². The lowest BCUT2D eigenvalue weighted by Gasteiger charge is -2.22. The Morgan fingerprint density at radius 1 is 1.14 bits per heavy atom. The molecule has 0 radical (unpaired) electrons. The standard InChI is InChI=1S/C15H20N2O3S/c1-21(19,20)13-9-5-8-12-14(13)17-15(18)10-6-3-2-4-7-11(10)16-12/h5,8-11,16H,2-4,6-7H2,1H3,(H,17,18). The molecule has 0 bridgehead atoms. The molecule has 1 saturated carbocycles. The second kappa shape index (κ2) is 5.33. The summed E-state index contributed by atoms with van der Waals surface area (Å²) in [6.45, 7) is 0. The summed E-state index contributed by atoms with van der Waals surface area (Å²) < 4.78 is 23.8. The van der Waals surface area contributed by atoms with Crippen molar-refractivity contribution in [2.75, 3.05) is 16.9 Å². The van der Waals surface area contributed by atoms with Crippen LogP contribution in [0.25, 0.3) is 0 Å². The van der Waals surface area contributed by atoms with E-state index in [2.05, 4.69) is 10.6 Å². The third-order valence-electron chi connectivity index (χ3n) is 4.37. The topological polar surface area (TPSA) is 75.3 Å². The summed E-state index contributed by atoms with van der Waals surface area (Å²) in [5, 5.41) is 6.24. The van der Waals surface area contributed by atoms with Crippen molar-refractivity contribution in [1.29, 1.82) is 0 Å². The third kappa shape index (κ3) is 2.77. The molecule has 2 aliphatic rings. The van der Waals surface area contributed by atoms with Gasteiger partial charge in [-0.05, 0) is 25.0 Å². The highest BCUT2D eigenvalue weighted by Gasteiger charge is 2.34. The van der Waals surface area contributed by atoms with Crippen molar-refractivity contribution in [3.8, 4) is 0 Å². The van der Waals surface area contributed by atoms with Crippen LogP contribution in [-0.4, -0.2) is 26.6 Å². The second-order valence-electron chi connectivity index (χ2n) is 5.94. The summed E-state index contributed by atoms with van der Waals surface area (Å²) in [5.74, 6) is -0.156. The molecule has 21 heavy (non-hydrogen) atoms. The number of para-hydroxylation sites is 1. The first-order valence-electron chi connectivity index (χ1n) is 7.37. The fraction of sp³-hybridized carbons (Fsp3) is 0.533. The molecule has 5 nitrogen and oxygen atoms in total. The number of hydrogen-bond donors (Lipinski definition) is 2. The summed E-state index contributed by atoms with van der Waals surface area (Å²) in [5.41, 5.74) is 1.11. The first-order chi connectivity index (χ1) is 9.97. The van der Waals surface area contributed by atoms with Gasteiger partial charge in [-0.25, -0.2) is 8.42 Å². The number of fused-ring (bicyclic) bond motifs is 2. The smallest absolute Gasteiger partial charge is 0.229 e. The molecule has 1 aliphatic carbocycles. The minimum absolute atomic E-state index is 0.0655. The zero-order chi connectivity index (χ0) is 15.0. The van der Waals surface area contributed by atoms with Gasteiger partial charge in [0.1, 0.15) is 0 Å². The van der Waals surface area contributed by atoms with Gasteiger partial charge < -0.3 is 10.6 Å². The Balaban J connectivity index is 2.07. The molecule has 1 amide bonds. The van der Waals surface area contributed by atoms with Crippen molar-refractivity contribution in [2.45, 2.75) is 43.0 Å². The Bertz CT molecular complexity index is 669. The lowest BCUT2D eigenvalue weighted by molar-refractivity contribution is -0.120. The van der Waals surface area contributed by atoms with Gasteiger partial charge >= 0.3 is 0 Å². The highest BCUT2D eigenvalue weighted by Crippen LogP contribution is 2.37. The zero-order valence-corrected chi connectivity index (χ0v) is 12.9. The third-order valence-corrected chi connectivity index (χ3v) is 5.51. The first kappa shape index (κ1) is 14.4. The maximum Gasteiger partial charge on any atom is 0.229 e. The number of carbonyl (C=O) groups excluding carboxylic acids is 1. The van der Waals surface area contributed by atoms with Crippen molar-refractivity contribution >= 4 is 27.1 Å². The molecule has 2 N–H and O–H groups in total. The van der Waals surface area contributed by atoms with Gasteiger partial charge in [0.05, 0.1) is 22.2 Å². The van der Waals surface area contributed by atoms with Crippen LogP contribution in [0.15, 0.2) is 23.1 Å². The minimum Gasteiger partial charge on any atom is -0.380 e. The van der Waals surface area contributed by atoms with E-state index in [0.717, 1.165) is 38.4 Å². The molecular weight excluding hydrogens is 288 g/mol. The largest absolute Gasteiger partial charge is 0.380 e. The summed E-state index contributed by atoms with van der Waals surface area (Å²) in [4.78, 5) is 12.7. The molecule has 1 fully saturated rings. The van der Waals surface area contributed by atoms with Gasteiger partial charge in [-0.2, -0.15) is 0 Å². The Morgan fingerprint density at radius 3 is 2.67 bits per heavy atom. The molecule has 0 saturated heterocycles. The van der Waals surface area contributed by atoms with Crippen molar-refractivity contribution in [3.05, 3.63) is 18.2 Å². The number of rotatable bonds is 1. The van der Waals surface area contributed by atoms with E-state index in [1.54, 1.807) is 6.07 Å². The van der Waals surface area contributed by atoms with Crippen LogP contribution in [-0.2, 0) is 14.6 Å². The Morgan fingerprint density at radius 2 is 1.90 bits per heavy atom. The fourth-order valence-corrected chi connectivity index (χ4v) is 4.16. The van der Waals surface area contributed by atoms with E-state index >= 15 is 0 Å². The van der Waals surface area contributed by atoms with Gasteiger partial charge in [0.15, 0.2) is 9.84 Å². The molecule has 0 spiro atoms. The Labute approximate surface area is 125 Å². The molecule has 1 aliphatic heterocycles. The average Bonchev–Trinajstić information content (AvgIpc) is 2.70. The van der Waals surface area contributed by atoms with Gasteiger partial charge in [-0.1, -0.05) is 25.3 Å². The van der Waals surface area contributed by atoms with Crippen LogP contribution < -0.4 is 10.6 Å². The number of carbonyl (C=O) groups is 1. The number of amides is 1. The summed E-state index contributed by atoms with van der Waals surface area (Å²) >= 11 is 0. The molecule has 1 heterocycles. The van der Waals surface area contributed by atoms with E-state index in [4.69, 9.17) is 0 Å². The predicted molar refractivity (Wildman–Crippen MR) is 82.2 cm³/mol. The monoisotopic (exact) mass is 308 g/mol. The van der Waals surface area contributed by atoms with Crippen molar-refractivity contribution in [3.63, 3.8) is 0 Å². The second-order valence-corrected chi connectivity index (χ2v) is 7.92. The highest BCUT2D eigenvalue weighted by molar-refractivity contribution is 7.90. The van der Waals surface area contributed by atoms with Crippen molar-refractivity contribution < 1.29 is 13.2 Å². The number of anilines is 2.